The summed E-state index contributed by atoms with van der Waals surface area (Å²) < 4.78 is 40.8. The van der Waals surface area contributed by atoms with Gasteiger partial charge in [0.25, 0.3) is 0 Å². The maximum Gasteiger partial charge on any atom is 0.225 e. The van der Waals surface area contributed by atoms with Crippen molar-refractivity contribution in [3.63, 3.8) is 0 Å². The topological polar surface area (TPSA) is 62.7 Å². The average molecular weight is 385 g/mol. The molecule has 2 heterocycles. The van der Waals surface area contributed by atoms with Gasteiger partial charge >= 0.3 is 0 Å². The highest BCUT2D eigenvalue weighted by Gasteiger charge is 2.18. The Kier molecular flexibility index (Phi) is 5.10. The fraction of sp³-hybridized carbons (Fsp3) is 0.250. The van der Waals surface area contributed by atoms with Crippen LogP contribution in [0.1, 0.15) is 25.7 Å². The lowest BCUT2D eigenvalue weighted by molar-refractivity contribution is 0.449. The van der Waals surface area contributed by atoms with Gasteiger partial charge in [-0.1, -0.05) is 12.8 Å². The highest BCUT2D eigenvalue weighted by molar-refractivity contribution is 5.67. The van der Waals surface area contributed by atoms with E-state index in [1.165, 1.54) is 0 Å². The zero-order valence-electron chi connectivity index (χ0n) is 14.9. The summed E-state index contributed by atoms with van der Waals surface area (Å²) in [6.45, 7) is 0. The van der Waals surface area contributed by atoms with E-state index in [0.717, 1.165) is 43.4 Å². The van der Waals surface area contributed by atoms with Crippen LogP contribution in [0.15, 0.2) is 42.7 Å². The Morgan fingerprint density at radius 2 is 1.79 bits per heavy atom. The minimum absolute atomic E-state index is 0.207. The van der Waals surface area contributed by atoms with Crippen molar-refractivity contribution in [2.75, 3.05) is 10.6 Å². The van der Waals surface area contributed by atoms with Gasteiger partial charge in [-0.15, -0.1) is 0 Å². The van der Waals surface area contributed by atoms with Crippen LogP contribution in [0.5, 0.6) is 0 Å². The highest BCUT2D eigenvalue weighted by atomic mass is 19.2. The van der Waals surface area contributed by atoms with E-state index in [1.54, 1.807) is 24.5 Å². The zero-order valence-corrected chi connectivity index (χ0v) is 14.9. The molecule has 144 valence electrons. The van der Waals surface area contributed by atoms with E-state index in [2.05, 4.69) is 25.6 Å². The second kappa shape index (κ2) is 7.84. The van der Waals surface area contributed by atoms with Crippen molar-refractivity contribution in [1.29, 1.82) is 0 Å². The van der Waals surface area contributed by atoms with Crippen molar-refractivity contribution < 1.29 is 13.2 Å². The number of hydrogen-bond donors (Lipinski definition) is 2. The number of nitrogens with one attached hydrogen (secondary N) is 2. The van der Waals surface area contributed by atoms with Crippen LogP contribution in [0.3, 0.4) is 0 Å². The minimum atomic E-state index is -1.53. The third kappa shape index (κ3) is 3.90. The van der Waals surface area contributed by atoms with Gasteiger partial charge in [-0.25, -0.2) is 18.2 Å². The zero-order chi connectivity index (χ0) is 19.5. The maximum absolute atomic E-state index is 14.1. The van der Waals surface area contributed by atoms with Crippen molar-refractivity contribution >= 4 is 17.5 Å². The smallest absolute Gasteiger partial charge is 0.225 e. The van der Waals surface area contributed by atoms with Crippen molar-refractivity contribution in [3.05, 3.63) is 60.2 Å². The minimum Gasteiger partial charge on any atom is -0.351 e. The van der Waals surface area contributed by atoms with E-state index in [4.69, 9.17) is 0 Å². The Hall–Kier alpha value is -3.16. The van der Waals surface area contributed by atoms with Crippen LogP contribution in [-0.4, -0.2) is 21.0 Å². The molecule has 0 spiro atoms. The van der Waals surface area contributed by atoms with Crippen LogP contribution in [0.25, 0.3) is 11.3 Å². The van der Waals surface area contributed by atoms with Crippen LogP contribution in [0.2, 0.25) is 0 Å². The molecule has 0 atom stereocenters. The second-order valence-corrected chi connectivity index (χ2v) is 6.68. The Labute approximate surface area is 160 Å². The lowest BCUT2D eigenvalue weighted by Gasteiger charge is -2.15. The van der Waals surface area contributed by atoms with E-state index >= 15 is 0 Å². The summed E-state index contributed by atoms with van der Waals surface area (Å²) in [5.74, 6) is -3.42. The van der Waals surface area contributed by atoms with Gasteiger partial charge in [0.2, 0.25) is 5.95 Å². The molecular weight excluding hydrogens is 367 g/mol. The first-order chi connectivity index (χ1) is 13.6. The summed E-state index contributed by atoms with van der Waals surface area (Å²) in [5.41, 5.74) is 1.13. The molecule has 0 bridgehead atoms. The monoisotopic (exact) mass is 385 g/mol. The number of benzene rings is 1. The SMILES string of the molecule is Fc1ccc(Nc2cc(-c3cccnc3)nc(NC3CCCC3)n2)c(F)c1F. The Bertz CT molecular complexity index is 975. The van der Waals surface area contributed by atoms with Crippen LogP contribution in [0.4, 0.5) is 30.6 Å². The van der Waals surface area contributed by atoms with Gasteiger partial charge in [0.05, 0.1) is 11.4 Å². The molecule has 1 aliphatic rings. The molecule has 0 saturated heterocycles. The van der Waals surface area contributed by atoms with Crippen LogP contribution in [-0.2, 0) is 0 Å². The molecule has 0 unspecified atom stereocenters. The molecule has 2 N–H and O–H groups in total. The molecule has 28 heavy (non-hydrogen) atoms. The maximum atomic E-state index is 14.1. The normalized spacial score (nSPS) is 14.2. The fourth-order valence-electron chi connectivity index (χ4n) is 3.25. The first kappa shape index (κ1) is 18.2. The number of nitrogens with zero attached hydrogens (tertiary/aromatic N) is 3. The first-order valence-corrected chi connectivity index (χ1v) is 9.06. The Morgan fingerprint density at radius 3 is 2.54 bits per heavy atom. The van der Waals surface area contributed by atoms with Gasteiger partial charge < -0.3 is 10.6 Å². The highest BCUT2D eigenvalue weighted by Crippen LogP contribution is 2.27. The molecular formula is C20H18F3N5. The van der Waals surface area contributed by atoms with Crippen LogP contribution >= 0.6 is 0 Å². The molecule has 2 aromatic heterocycles. The number of aromatic nitrogens is 3. The number of halogens is 3. The van der Waals surface area contributed by atoms with Gasteiger partial charge in [0.15, 0.2) is 17.5 Å². The van der Waals surface area contributed by atoms with Gasteiger partial charge in [0, 0.05) is 30.1 Å². The quantitative estimate of drug-likeness (QED) is 0.602. The molecule has 1 aliphatic carbocycles. The van der Waals surface area contributed by atoms with Crippen molar-refractivity contribution in [1.82, 2.24) is 15.0 Å². The molecule has 0 aliphatic heterocycles. The van der Waals surface area contributed by atoms with Gasteiger partial charge in [-0.2, -0.15) is 4.98 Å². The summed E-state index contributed by atoms with van der Waals surface area (Å²) in [5, 5.41) is 6.02. The summed E-state index contributed by atoms with van der Waals surface area (Å²) >= 11 is 0. The summed E-state index contributed by atoms with van der Waals surface area (Å²) in [4.78, 5) is 13.0. The van der Waals surface area contributed by atoms with E-state index in [0.29, 0.717) is 11.6 Å². The van der Waals surface area contributed by atoms with Crippen LogP contribution < -0.4 is 10.6 Å². The van der Waals surface area contributed by atoms with Crippen molar-refractivity contribution in [2.24, 2.45) is 0 Å². The number of pyridine rings is 1. The first-order valence-electron chi connectivity index (χ1n) is 9.06. The van der Waals surface area contributed by atoms with E-state index in [1.807, 2.05) is 6.07 Å². The molecule has 0 amide bonds. The molecule has 8 heteroatoms. The third-order valence-electron chi connectivity index (χ3n) is 4.67. The van der Waals surface area contributed by atoms with E-state index in [9.17, 15) is 13.2 Å². The van der Waals surface area contributed by atoms with Gasteiger partial charge in [0.1, 0.15) is 5.82 Å². The Morgan fingerprint density at radius 1 is 0.964 bits per heavy atom. The van der Waals surface area contributed by atoms with Crippen molar-refractivity contribution in [3.8, 4) is 11.3 Å². The molecule has 3 aromatic rings. The lowest BCUT2D eigenvalue weighted by Crippen LogP contribution is -2.17. The molecule has 1 saturated carbocycles. The number of anilines is 3. The molecule has 4 rings (SSSR count). The Balaban J connectivity index is 1.70. The van der Waals surface area contributed by atoms with Gasteiger partial charge in [-0.3, -0.25) is 4.98 Å². The van der Waals surface area contributed by atoms with Gasteiger partial charge in [-0.05, 0) is 37.1 Å². The summed E-state index contributed by atoms with van der Waals surface area (Å²) in [6, 6.07) is 7.50. The fourth-order valence-corrected chi connectivity index (χ4v) is 3.25. The molecule has 1 fully saturated rings. The number of hydrogen-bond acceptors (Lipinski definition) is 5. The van der Waals surface area contributed by atoms with Crippen LogP contribution in [0, 0.1) is 17.5 Å². The number of rotatable bonds is 5. The lowest BCUT2D eigenvalue weighted by atomic mass is 10.2. The standard InChI is InChI=1S/C20H18F3N5/c21-14-7-8-15(19(23)18(14)22)26-17-10-16(12-4-3-9-24-11-12)27-20(28-17)25-13-5-1-2-6-13/h3-4,7-11,13H,1-2,5-6H2,(H2,25,26,27,28). The summed E-state index contributed by atoms with van der Waals surface area (Å²) in [6.07, 6.45) is 7.65. The molecule has 1 aromatic carbocycles. The third-order valence-corrected chi connectivity index (χ3v) is 4.67. The predicted molar refractivity (Wildman–Crippen MR) is 101 cm³/mol. The average Bonchev–Trinajstić information content (AvgIpc) is 3.22. The second-order valence-electron chi connectivity index (χ2n) is 6.68. The molecule has 5 nitrogen and oxygen atoms in total. The largest absolute Gasteiger partial charge is 0.351 e. The van der Waals surface area contributed by atoms with E-state index in [-0.39, 0.29) is 17.5 Å². The molecule has 0 radical (unpaired) electrons. The van der Waals surface area contributed by atoms with Crippen molar-refractivity contribution in [2.45, 2.75) is 31.7 Å². The predicted octanol–water partition coefficient (Wildman–Crippen LogP) is 5.05. The van der Waals surface area contributed by atoms with E-state index < -0.39 is 17.5 Å². The summed E-state index contributed by atoms with van der Waals surface area (Å²) in [7, 11) is 0.